The molecular formula is C20H27N3O8S2. The Balaban J connectivity index is 2.37. The Hall–Kier alpha value is -2.23. The normalized spacial score (nSPS) is 13.9. The second-order valence-corrected chi connectivity index (χ2v) is 9.59. The highest BCUT2D eigenvalue weighted by Crippen LogP contribution is 2.25. The van der Waals surface area contributed by atoms with E-state index >= 15 is 0 Å². The summed E-state index contributed by atoms with van der Waals surface area (Å²) in [4.78, 5) is 17.7. The number of hydroxylamine groups is 4. The number of carbonyl (C=O) groups is 1. The van der Waals surface area contributed by atoms with Gasteiger partial charge in [0.2, 0.25) is 0 Å². The monoisotopic (exact) mass is 501 g/mol. The molecular weight excluding hydrogens is 474 g/mol. The Morgan fingerprint density at radius 3 is 2.18 bits per heavy atom. The van der Waals surface area contributed by atoms with Crippen LogP contribution >= 0.6 is 0 Å². The van der Waals surface area contributed by atoms with Crippen LogP contribution in [-0.4, -0.2) is 63.6 Å². The van der Waals surface area contributed by atoms with Crippen molar-refractivity contribution in [2.75, 3.05) is 13.6 Å². The lowest BCUT2D eigenvalue weighted by atomic mass is 10.1. The fourth-order valence-electron chi connectivity index (χ4n) is 2.92. The summed E-state index contributed by atoms with van der Waals surface area (Å²) in [7, 11) is -3.02. The molecule has 13 heteroatoms. The molecule has 0 radical (unpaired) electrons. The van der Waals surface area contributed by atoms with Crippen molar-refractivity contribution in [3.8, 4) is 11.1 Å². The zero-order valence-corrected chi connectivity index (χ0v) is 20.0. The van der Waals surface area contributed by atoms with Crippen molar-refractivity contribution < 1.29 is 36.3 Å². The first kappa shape index (κ1) is 27.0. The molecule has 1 amide bonds. The van der Waals surface area contributed by atoms with Crippen LogP contribution < -0.4 is 5.48 Å². The Bertz CT molecular complexity index is 1030. The molecule has 2 aromatic rings. The predicted molar refractivity (Wildman–Crippen MR) is 120 cm³/mol. The lowest BCUT2D eigenvalue weighted by molar-refractivity contribution is -0.169. The van der Waals surface area contributed by atoms with Crippen LogP contribution in [0.3, 0.4) is 0 Å². The summed E-state index contributed by atoms with van der Waals surface area (Å²) in [6, 6.07) is 13.9. The van der Waals surface area contributed by atoms with Gasteiger partial charge in [0.15, 0.2) is 0 Å². The molecule has 0 aromatic heterocycles. The van der Waals surface area contributed by atoms with Gasteiger partial charge >= 0.3 is 11.4 Å². The molecule has 3 N–H and O–H groups in total. The van der Waals surface area contributed by atoms with Crippen LogP contribution in [0.15, 0.2) is 59.5 Å². The number of carbonyl (C=O) groups excluding carboxylic acids is 1. The van der Waals surface area contributed by atoms with Crippen LogP contribution in [0, 0.1) is 0 Å². The van der Waals surface area contributed by atoms with Crippen molar-refractivity contribution in [1.29, 1.82) is 0 Å². The number of amides is 1. The van der Waals surface area contributed by atoms with Gasteiger partial charge in [-0.15, -0.1) is 0 Å². The zero-order valence-electron chi connectivity index (χ0n) is 18.3. The fourth-order valence-corrected chi connectivity index (χ4v) is 4.72. The maximum atomic E-state index is 13.4. The van der Waals surface area contributed by atoms with Gasteiger partial charge < -0.3 is 0 Å². The average molecular weight is 502 g/mol. The number of hydrogen-bond acceptors (Lipinski definition) is 8. The van der Waals surface area contributed by atoms with Crippen molar-refractivity contribution >= 4 is 27.3 Å². The summed E-state index contributed by atoms with van der Waals surface area (Å²) in [5.41, 5.74) is 3.14. The average Bonchev–Trinajstić information content (AvgIpc) is 2.78. The van der Waals surface area contributed by atoms with E-state index in [0.717, 1.165) is 16.2 Å². The number of benzene rings is 2. The Kier molecular flexibility index (Phi) is 10.1. The highest BCUT2D eigenvalue weighted by molar-refractivity contribution is 7.89. The first-order chi connectivity index (χ1) is 15.6. The van der Waals surface area contributed by atoms with E-state index in [4.69, 9.17) is 9.39 Å². The first-order valence-electron chi connectivity index (χ1n) is 9.87. The molecule has 0 aliphatic rings. The minimum Gasteiger partial charge on any atom is -0.289 e. The lowest BCUT2D eigenvalue weighted by Gasteiger charge is -2.30. The zero-order chi connectivity index (χ0) is 24.6. The molecule has 0 bridgehead atoms. The summed E-state index contributed by atoms with van der Waals surface area (Å²) < 4.78 is 51.5. The second kappa shape index (κ2) is 12.3. The molecule has 0 saturated carbocycles. The van der Waals surface area contributed by atoms with E-state index < -0.39 is 39.4 Å². The van der Waals surface area contributed by atoms with Crippen LogP contribution in [0.25, 0.3) is 11.1 Å². The minimum absolute atomic E-state index is 0.125. The number of sulfonamides is 1. The Morgan fingerprint density at radius 2 is 1.67 bits per heavy atom. The fraction of sp³-hybridized carbons (Fsp3) is 0.350. The molecule has 0 heterocycles. The van der Waals surface area contributed by atoms with Crippen molar-refractivity contribution in [3.05, 3.63) is 54.6 Å². The van der Waals surface area contributed by atoms with Gasteiger partial charge in [0, 0.05) is 13.6 Å². The van der Waals surface area contributed by atoms with Gasteiger partial charge in [-0.1, -0.05) is 46.9 Å². The van der Waals surface area contributed by atoms with Crippen molar-refractivity contribution in [2.24, 2.45) is 0 Å². The number of nitrogens with zero attached hydrogens (tertiary/aromatic N) is 2. The van der Waals surface area contributed by atoms with Gasteiger partial charge in [-0.25, -0.2) is 13.9 Å². The summed E-state index contributed by atoms with van der Waals surface area (Å²) >= 11 is -2.59. The summed E-state index contributed by atoms with van der Waals surface area (Å²) in [5.74, 6) is -1.04. The molecule has 2 rings (SSSR count). The molecule has 0 aliphatic carbocycles. The summed E-state index contributed by atoms with van der Waals surface area (Å²) in [6.45, 7) is 3.03. The van der Waals surface area contributed by atoms with E-state index in [1.54, 1.807) is 26.0 Å². The second-order valence-electron chi connectivity index (χ2n) is 7.23. The molecule has 0 aliphatic heterocycles. The smallest absolute Gasteiger partial charge is 0.289 e. The van der Waals surface area contributed by atoms with Crippen molar-refractivity contribution in [2.45, 2.75) is 37.3 Å². The lowest BCUT2D eigenvalue weighted by Crippen LogP contribution is -2.50. The molecule has 2 atom stereocenters. The van der Waals surface area contributed by atoms with Gasteiger partial charge in [-0.05, 0) is 43.5 Å². The first-order valence-corrected chi connectivity index (χ1v) is 12.3. The quantitative estimate of drug-likeness (QED) is 0.226. The van der Waals surface area contributed by atoms with Gasteiger partial charge in [0.25, 0.3) is 15.9 Å². The number of rotatable bonds is 12. The van der Waals surface area contributed by atoms with E-state index in [0.29, 0.717) is 4.47 Å². The largest absolute Gasteiger partial charge is 0.319 e. The molecule has 0 saturated heterocycles. The molecule has 0 fully saturated rings. The van der Waals surface area contributed by atoms with Gasteiger partial charge in [0.1, 0.15) is 6.04 Å². The van der Waals surface area contributed by atoms with Crippen LogP contribution in [-0.2, 0) is 35.3 Å². The molecule has 2 aromatic carbocycles. The van der Waals surface area contributed by atoms with Gasteiger partial charge in [-0.3, -0.25) is 19.4 Å². The predicted octanol–water partition coefficient (Wildman–Crippen LogP) is 1.95. The van der Waals surface area contributed by atoms with E-state index in [2.05, 4.69) is 4.28 Å². The van der Waals surface area contributed by atoms with Crippen LogP contribution in [0.5, 0.6) is 0 Å². The maximum Gasteiger partial charge on any atom is 0.319 e. The maximum absolute atomic E-state index is 13.4. The highest BCUT2D eigenvalue weighted by Gasteiger charge is 2.38. The van der Waals surface area contributed by atoms with Gasteiger partial charge in [-0.2, -0.15) is 13.6 Å². The molecule has 2 unspecified atom stereocenters. The van der Waals surface area contributed by atoms with Crippen molar-refractivity contribution in [3.63, 3.8) is 0 Å². The molecule has 0 spiro atoms. The Morgan fingerprint density at radius 1 is 1.09 bits per heavy atom. The van der Waals surface area contributed by atoms with E-state index in [-0.39, 0.29) is 17.9 Å². The highest BCUT2D eigenvalue weighted by atomic mass is 32.2. The van der Waals surface area contributed by atoms with Gasteiger partial charge in [0.05, 0.1) is 11.0 Å². The third-order valence-corrected chi connectivity index (χ3v) is 6.45. The SMILES string of the molecule is CC(C)ON(C(CCN(C)OS(=O)O)C(=O)NO)S(=O)(=O)c1ccc(-c2ccccc2)cc1. The van der Waals surface area contributed by atoms with E-state index in [9.17, 15) is 22.6 Å². The van der Waals surface area contributed by atoms with E-state index in [1.165, 1.54) is 24.7 Å². The summed E-state index contributed by atoms with van der Waals surface area (Å²) in [5, 5.41) is 10.1. The molecule has 182 valence electrons. The van der Waals surface area contributed by atoms with Crippen LogP contribution in [0.4, 0.5) is 0 Å². The topological polar surface area (TPSA) is 146 Å². The van der Waals surface area contributed by atoms with Crippen molar-refractivity contribution in [1.82, 2.24) is 15.0 Å². The number of hydrogen-bond donors (Lipinski definition) is 3. The van der Waals surface area contributed by atoms with Crippen LogP contribution in [0.2, 0.25) is 0 Å². The van der Waals surface area contributed by atoms with Crippen LogP contribution in [0.1, 0.15) is 20.3 Å². The number of nitrogens with one attached hydrogen (secondary N) is 1. The molecule has 11 nitrogen and oxygen atoms in total. The summed E-state index contributed by atoms with van der Waals surface area (Å²) in [6.07, 6.45) is -0.856. The van der Waals surface area contributed by atoms with E-state index in [1.807, 2.05) is 30.3 Å². The molecule has 33 heavy (non-hydrogen) atoms. The minimum atomic E-state index is -4.35. The standard InChI is InChI=1S/C20H27N3O8S2/c1-15(2)30-23(19(20(24)21-25)13-14-22(3)31-32(26)27)33(28,29)18-11-9-17(10-12-18)16-7-5-4-6-8-16/h4-12,15,19,25H,13-14H2,1-3H3,(H,21,24)(H,26,27). The Labute approximate surface area is 195 Å². The third-order valence-electron chi connectivity index (χ3n) is 4.39. The third kappa shape index (κ3) is 7.65.